The molecule has 1 amide bonds. The lowest BCUT2D eigenvalue weighted by Crippen LogP contribution is -2.35. The van der Waals surface area contributed by atoms with E-state index in [-0.39, 0.29) is 17.9 Å². The Kier molecular flexibility index (Phi) is 4.20. The molecule has 0 spiro atoms. The minimum Gasteiger partial charge on any atom is -0.393 e. The standard InChI is InChI=1S/C16H20N4O2/c1-19(11-12-5-2-7-14(12)21)16(22)13-6-3-8-17-15(13)20-10-4-9-18-20/h3-4,6,8-10,12,14,21H,2,5,7,11H2,1H3. The summed E-state index contributed by atoms with van der Waals surface area (Å²) in [6.45, 7) is 0.563. The van der Waals surface area contributed by atoms with Gasteiger partial charge in [0, 0.05) is 38.1 Å². The summed E-state index contributed by atoms with van der Waals surface area (Å²) < 4.78 is 1.59. The van der Waals surface area contributed by atoms with Crippen LogP contribution in [0, 0.1) is 5.92 Å². The van der Waals surface area contributed by atoms with Crippen molar-refractivity contribution < 1.29 is 9.90 Å². The number of rotatable bonds is 4. The lowest BCUT2D eigenvalue weighted by molar-refractivity contribution is 0.0693. The average Bonchev–Trinajstić information content (AvgIpc) is 3.19. The Balaban J connectivity index is 1.80. The molecule has 1 aliphatic carbocycles. The molecular weight excluding hydrogens is 280 g/mol. The molecule has 2 aromatic heterocycles. The highest BCUT2D eigenvalue weighted by Gasteiger charge is 2.28. The molecule has 2 unspecified atom stereocenters. The number of aliphatic hydroxyl groups excluding tert-OH is 1. The molecule has 0 aliphatic heterocycles. The Bertz CT molecular complexity index is 641. The molecule has 116 valence electrons. The average molecular weight is 300 g/mol. The van der Waals surface area contributed by atoms with Crippen molar-refractivity contribution >= 4 is 5.91 Å². The molecule has 3 rings (SSSR count). The van der Waals surface area contributed by atoms with E-state index in [1.165, 1.54) is 0 Å². The topological polar surface area (TPSA) is 71.2 Å². The molecule has 1 aliphatic rings. The highest BCUT2D eigenvalue weighted by Crippen LogP contribution is 2.26. The molecule has 0 radical (unpaired) electrons. The maximum absolute atomic E-state index is 12.7. The van der Waals surface area contributed by atoms with E-state index >= 15 is 0 Å². The zero-order valence-corrected chi connectivity index (χ0v) is 12.6. The van der Waals surface area contributed by atoms with Crippen LogP contribution in [0.1, 0.15) is 29.6 Å². The van der Waals surface area contributed by atoms with Gasteiger partial charge in [-0.25, -0.2) is 9.67 Å². The molecule has 6 heteroatoms. The lowest BCUT2D eigenvalue weighted by Gasteiger charge is -2.24. The SMILES string of the molecule is CN(CC1CCCC1O)C(=O)c1cccnc1-n1cccn1. The number of aromatic nitrogens is 3. The smallest absolute Gasteiger partial charge is 0.257 e. The maximum atomic E-state index is 12.7. The summed E-state index contributed by atoms with van der Waals surface area (Å²) in [5.41, 5.74) is 0.515. The van der Waals surface area contributed by atoms with Gasteiger partial charge in [-0.1, -0.05) is 6.42 Å². The number of nitrogens with zero attached hydrogens (tertiary/aromatic N) is 4. The Hall–Kier alpha value is -2.21. The molecule has 1 saturated carbocycles. The van der Waals surface area contributed by atoms with Gasteiger partial charge in [-0.2, -0.15) is 5.10 Å². The molecular formula is C16H20N4O2. The highest BCUT2D eigenvalue weighted by atomic mass is 16.3. The van der Waals surface area contributed by atoms with Crippen LogP contribution in [0.25, 0.3) is 5.82 Å². The summed E-state index contributed by atoms with van der Waals surface area (Å²) in [4.78, 5) is 18.7. The van der Waals surface area contributed by atoms with E-state index in [9.17, 15) is 9.90 Å². The van der Waals surface area contributed by atoms with Gasteiger partial charge in [0.1, 0.15) is 0 Å². The van der Waals surface area contributed by atoms with E-state index in [4.69, 9.17) is 0 Å². The normalized spacial score (nSPS) is 21.0. The number of carbonyl (C=O) groups is 1. The van der Waals surface area contributed by atoms with Crippen molar-refractivity contribution in [1.82, 2.24) is 19.7 Å². The van der Waals surface area contributed by atoms with Crippen molar-refractivity contribution in [2.45, 2.75) is 25.4 Å². The van der Waals surface area contributed by atoms with E-state index in [1.807, 2.05) is 0 Å². The van der Waals surface area contributed by atoms with Crippen LogP contribution in [0.5, 0.6) is 0 Å². The van der Waals surface area contributed by atoms with Gasteiger partial charge in [0.2, 0.25) is 0 Å². The fourth-order valence-corrected chi connectivity index (χ4v) is 3.01. The Morgan fingerprint density at radius 3 is 2.95 bits per heavy atom. The van der Waals surface area contributed by atoms with Gasteiger partial charge in [-0.3, -0.25) is 4.79 Å². The van der Waals surface area contributed by atoms with Gasteiger partial charge in [0.15, 0.2) is 5.82 Å². The molecule has 0 aromatic carbocycles. The van der Waals surface area contributed by atoms with Crippen molar-refractivity contribution in [3.05, 3.63) is 42.4 Å². The van der Waals surface area contributed by atoms with Crippen LogP contribution in [0.2, 0.25) is 0 Å². The summed E-state index contributed by atoms with van der Waals surface area (Å²) in [5, 5.41) is 14.1. The molecule has 1 N–H and O–H groups in total. The molecule has 2 heterocycles. The summed E-state index contributed by atoms with van der Waals surface area (Å²) in [7, 11) is 1.77. The van der Waals surface area contributed by atoms with Crippen LogP contribution in [0.4, 0.5) is 0 Å². The van der Waals surface area contributed by atoms with Crippen molar-refractivity contribution in [1.29, 1.82) is 0 Å². The van der Waals surface area contributed by atoms with Crippen LogP contribution in [-0.4, -0.2) is 50.4 Å². The molecule has 1 fully saturated rings. The summed E-state index contributed by atoms with van der Waals surface area (Å²) in [5.74, 6) is 0.591. The third kappa shape index (κ3) is 2.87. The molecule has 2 aromatic rings. The van der Waals surface area contributed by atoms with Gasteiger partial charge < -0.3 is 10.0 Å². The van der Waals surface area contributed by atoms with E-state index < -0.39 is 0 Å². The van der Waals surface area contributed by atoms with E-state index in [1.54, 1.807) is 53.4 Å². The van der Waals surface area contributed by atoms with Crippen LogP contribution < -0.4 is 0 Å². The second-order valence-corrected chi connectivity index (χ2v) is 5.77. The van der Waals surface area contributed by atoms with Gasteiger partial charge in [-0.05, 0) is 31.0 Å². The maximum Gasteiger partial charge on any atom is 0.257 e. The third-order valence-corrected chi connectivity index (χ3v) is 4.21. The van der Waals surface area contributed by atoms with Gasteiger partial charge >= 0.3 is 0 Å². The minimum absolute atomic E-state index is 0.0994. The first-order valence-electron chi connectivity index (χ1n) is 7.55. The van der Waals surface area contributed by atoms with Gasteiger partial charge in [0.25, 0.3) is 5.91 Å². The number of hydrogen-bond acceptors (Lipinski definition) is 4. The summed E-state index contributed by atoms with van der Waals surface area (Å²) >= 11 is 0. The number of amides is 1. The Labute approximate surface area is 129 Å². The summed E-state index contributed by atoms with van der Waals surface area (Å²) in [6, 6.07) is 5.30. The van der Waals surface area contributed by atoms with E-state index in [0.29, 0.717) is 17.9 Å². The summed E-state index contributed by atoms with van der Waals surface area (Å²) in [6.07, 6.45) is 7.60. The van der Waals surface area contributed by atoms with Crippen LogP contribution in [-0.2, 0) is 0 Å². The second-order valence-electron chi connectivity index (χ2n) is 5.77. The number of hydrogen-bond donors (Lipinski definition) is 1. The van der Waals surface area contributed by atoms with Gasteiger partial charge in [-0.15, -0.1) is 0 Å². The third-order valence-electron chi connectivity index (χ3n) is 4.21. The van der Waals surface area contributed by atoms with Crippen LogP contribution in [0.3, 0.4) is 0 Å². The van der Waals surface area contributed by atoms with Crippen molar-refractivity contribution in [2.24, 2.45) is 5.92 Å². The highest BCUT2D eigenvalue weighted by molar-refractivity contribution is 5.96. The largest absolute Gasteiger partial charge is 0.393 e. The predicted octanol–water partition coefficient (Wildman–Crippen LogP) is 1.50. The lowest BCUT2D eigenvalue weighted by atomic mass is 10.1. The predicted molar refractivity (Wildman–Crippen MR) is 81.7 cm³/mol. The van der Waals surface area contributed by atoms with Gasteiger partial charge in [0.05, 0.1) is 11.7 Å². The first kappa shape index (κ1) is 14.7. The first-order valence-corrected chi connectivity index (χ1v) is 7.55. The fraction of sp³-hybridized carbons (Fsp3) is 0.438. The molecule has 0 bridgehead atoms. The molecule has 6 nitrogen and oxygen atoms in total. The van der Waals surface area contributed by atoms with Crippen molar-refractivity contribution in [2.75, 3.05) is 13.6 Å². The van der Waals surface area contributed by atoms with Crippen molar-refractivity contribution in [3.63, 3.8) is 0 Å². The quantitative estimate of drug-likeness (QED) is 0.929. The molecule has 22 heavy (non-hydrogen) atoms. The molecule has 0 saturated heterocycles. The zero-order chi connectivity index (χ0) is 15.5. The Morgan fingerprint density at radius 2 is 2.27 bits per heavy atom. The fourth-order valence-electron chi connectivity index (χ4n) is 3.01. The second kappa shape index (κ2) is 6.27. The number of aliphatic hydroxyl groups is 1. The minimum atomic E-state index is -0.297. The monoisotopic (exact) mass is 300 g/mol. The Morgan fingerprint density at radius 1 is 1.41 bits per heavy atom. The molecule has 2 atom stereocenters. The van der Waals surface area contributed by atoms with Crippen LogP contribution >= 0.6 is 0 Å². The van der Waals surface area contributed by atoms with Crippen LogP contribution in [0.15, 0.2) is 36.8 Å². The first-order chi connectivity index (χ1) is 10.7. The number of pyridine rings is 1. The zero-order valence-electron chi connectivity index (χ0n) is 12.6. The van der Waals surface area contributed by atoms with Crippen molar-refractivity contribution in [3.8, 4) is 5.82 Å². The van der Waals surface area contributed by atoms with E-state index in [0.717, 1.165) is 19.3 Å². The number of carbonyl (C=O) groups excluding carboxylic acids is 1. The van der Waals surface area contributed by atoms with E-state index in [2.05, 4.69) is 10.1 Å².